The summed E-state index contributed by atoms with van der Waals surface area (Å²) < 4.78 is 0. The van der Waals surface area contributed by atoms with Gasteiger partial charge in [0.2, 0.25) is 0 Å². The largest absolute Gasteiger partial charge is 0.394 e. The Morgan fingerprint density at radius 1 is 1.08 bits per heavy atom. The SMILES string of the molecule is OC[C@H](O)CN1CCCC12CCN(c1cnc3ccccc3n1)CC2. The highest BCUT2D eigenvalue weighted by Crippen LogP contribution is 2.39. The minimum absolute atomic E-state index is 0.161. The second kappa shape index (κ2) is 6.86. The predicted octanol–water partition coefficient (Wildman–Crippen LogP) is 1.42. The van der Waals surface area contributed by atoms with E-state index in [-0.39, 0.29) is 12.1 Å². The summed E-state index contributed by atoms with van der Waals surface area (Å²) in [6.07, 6.45) is 5.73. The van der Waals surface area contributed by atoms with Gasteiger partial charge in [-0.3, -0.25) is 9.88 Å². The Morgan fingerprint density at radius 2 is 1.84 bits per heavy atom. The molecule has 2 N–H and O–H groups in total. The van der Waals surface area contributed by atoms with E-state index in [0.29, 0.717) is 6.54 Å². The molecular formula is C19H26N4O2. The lowest BCUT2D eigenvalue weighted by molar-refractivity contribution is 0.0208. The second-order valence-electron chi connectivity index (χ2n) is 7.31. The van der Waals surface area contributed by atoms with Gasteiger partial charge < -0.3 is 15.1 Å². The van der Waals surface area contributed by atoms with E-state index in [9.17, 15) is 5.11 Å². The number of aliphatic hydroxyl groups is 2. The van der Waals surface area contributed by atoms with Gasteiger partial charge in [0, 0.05) is 25.2 Å². The van der Waals surface area contributed by atoms with E-state index < -0.39 is 6.10 Å². The number of aromatic nitrogens is 2. The van der Waals surface area contributed by atoms with Crippen molar-refractivity contribution in [3.05, 3.63) is 30.5 Å². The number of piperidine rings is 1. The monoisotopic (exact) mass is 342 g/mol. The molecule has 1 aromatic heterocycles. The van der Waals surface area contributed by atoms with Crippen LogP contribution in [0.15, 0.2) is 30.5 Å². The molecule has 0 saturated carbocycles. The Kier molecular flexibility index (Phi) is 4.58. The van der Waals surface area contributed by atoms with E-state index in [1.807, 2.05) is 30.5 Å². The molecule has 2 fully saturated rings. The van der Waals surface area contributed by atoms with Crippen molar-refractivity contribution in [3.63, 3.8) is 0 Å². The molecule has 1 spiro atoms. The van der Waals surface area contributed by atoms with Crippen LogP contribution in [0.3, 0.4) is 0 Å². The van der Waals surface area contributed by atoms with E-state index in [1.54, 1.807) is 0 Å². The molecule has 25 heavy (non-hydrogen) atoms. The van der Waals surface area contributed by atoms with Crippen LogP contribution in [0.1, 0.15) is 25.7 Å². The first kappa shape index (κ1) is 16.7. The Morgan fingerprint density at radius 3 is 2.60 bits per heavy atom. The lowest BCUT2D eigenvalue weighted by Gasteiger charge is -2.45. The first-order valence-corrected chi connectivity index (χ1v) is 9.21. The summed E-state index contributed by atoms with van der Waals surface area (Å²) in [6, 6.07) is 7.97. The Balaban J connectivity index is 1.46. The van der Waals surface area contributed by atoms with Crippen LogP contribution in [-0.2, 0) is 0 Å². The molecule has 1 aromatic carbocycles. The molecular weight excluding hydrogens is 316 g/mol. The topological polar surface area (TPSA) is 72.7 Å². The van der Waals surface area contributed by atoms with Gasteiger partial charge in [-0.05, 0) is 44.4 Å². The fourth-order valence-electron chi connectivity index (χ4n) is 4.41. The number of rotatable bonds is 4. The fourth-order valence-corrected chi connectivity index (χ4v) is 4.41. The molecule has 0 unspecified atom stereocenters. The van der Waals surface area contributed by atoms with Gasteiger partial charge in [0.05, 0.1) is 29.9 Å². The van der Waals surface area contributed by atoms with Gasteiger partial charge in [-0.1, -0.05) is 12.1 Å². The Hall–Kier alpha value is -1.76. The van der Waals surface area contributed by atoms with Crippen molar-refractivity contribution >= 4 is 16.9 Å². The number of hydrogen-bond acceptors (Lipinski definition) is 6. The molecule has 0 bridgehead atoms. The molecule has 0 amide bonds. The van der Waals surface area contributed by atoms with Gasteiger partial charge in [0.1, 0.15) is 5.82 Å². The van der Waals surface area contributed by atoms with Gasteiger partial charge in [0.25, 0.3) is 0 Å². The summed E-state index contributed by atoms with van der Waals surface area (Å²) in [5.41, 5.74) is 2.05. The third kappa shape index (κ3) is 3.21. The van der Waals surface area contributed by atoms with Crippen LogP contribution in [0, 0.1) is 0 Å². The van der Waals surface area contributed by atoms with Crippen LogP contribution in [0.4, 0.5) is 5.82 Å². The molecule has 2 aliphatic heterocycles. The van der Waals surface area contributed by atoms with Crippen molar-refractivity contribution < 1.29 is 10.2 Å². The van der Waals surface area contributed by atoms with Crippen LogP contribution in [0.5, 0.6) is 0 Å². The summed E-state index contributed by atoms with van der Waals surface area (Å²) in [6.45, 7) is 3.35. The highest BCUT2D eigenvalue weighted by atomic mass is 16.3. The number of likely N-dealkylation sites (tertiary alicyclic amines) is 1. The molecule has 2 aliphatic rings. The maximum absolute atomic E-state index is 9.84. The van der Waals surface area contributed by atoms with Gasteiger partial charge in [-0.25, -0.2) is 4.98 Å². The summed E-state index contributed by atoms with van der Waals surface area (Å²) >= 11 is 0. The third-order valence-electron chi connectivity index (χ3n) is 5.84. The molecule has 1 atom stereocenters. The first-order chi connectivity index (χ1) is 12.2. The Bertz CT molecular complexity index is 730. The third-order valence-corrected chi connectivity index (χ3v) is 5.84. The molecule has 6 heteroatoms. The molecule has 4 rings (SSSR count). The normalized spacial score (nSPS) is 21.9. The molecule has 0 aliphatic carbocycles. The number of aliphatic hydroxyl groups excluding tert-OH is 2. The van der Waals surface area contributed by atoms with Gasteiger partial charge in [-0.2, -0.15) is 0 Å². The predicted molar refractivity (Wildman–Crippen MR) is 97.6 cm³/mol. The van der Waals surface area contributed by atoms with Crippen molar-refractivity contribution in [3.8, 4) is 0 Å². The highest BCUT2D eigenvalue weighted by Gasteiger charge is 2.43. The molecule has 2 aromatic rings. The van der Waals surface area contributed by atoms with Crippen molar-refractivity contribution in [2.24, 2.45) is 0 Å². The van der Waals surface area contributed by atoms with Gasteiger partial charge >= 0.3 is 0 Å². The van der Waals surface area contributed by atoms with Crippen LogP contribution in [0.2, 0.25) is 0 Å². The van der Waals surface area contributed by atoms with E-state index >= 15 is 0 Å². The number of nitrogens with zero attached hydrogens (tertiary/aromatic N) is 4. The molecule has 6 nitrogen and oxygen atoms in total. The number of fused-ring (bicyclic) bond motifs is 1. The average Bonchev–Trinajstić information content (AvgIpc) is 3.03. The zero-order valence-corrected chi connectivity index (χ0v) is 14.5. The number of anilines is 1. The minimum atomic E-state index is -0.639. The van der Waals surface area contributed by atoms with Crippen LogP contribution in [-0.4, -0.2) is 69.5 Å². The zero-order chi connectivity index (χ0) is 17.3. The first-order valence-electron chi connectivity index (χ1n) is 9.21. The summed E-state index contributed by atoms with van der Waals surface area (Å²) in [4.78, 5) is 14.0. The average molecular weight is 342 g/mol. The number of benzene rings is 1. The highest BCUT2D eigenvalue weighted by molar-refractivity contribution is 5.75. The van der Waals surface area contributed by atoms with Gasteiger partial charge in [0.15, 0.2) is 0 Å². The summed E-state index contributed by atoms with van der Waals surface area (Å²) in [7, 11) is 0. The number of para-hydroxylation sites is 2. The quantitative estimate of drug-likeness (QED) is 0.875. The molecule has 134 valence electrons. The Labute approximate surface area is 148 Å². The van der Waals surface area contributed by atoms with E-state index in [1.165, 1.54) is 12.8 Å². The molecule has 2 saturated heterocycles. The zero-order valence-electron chi connectivity index (χ0n) is 14.5. The van der Waals surface area contributed by atoms with Gasteiger partial charge in [-0.15, -0.1) is 0 Å². The van der Waals surface area contributed by atoms with Crippen LogP contribution in [0.25, 0.3) is 11.0 Å². The molecule has 3 heterocycles. The minimum Gasteiger partial charge on any atom is -0.394 e. The van der Waals surface area contributed by atoms with E-state index in [4.69, 9.17) is 10.1 Å². The number of hydrogen-bond donors (Lipinski definition) is 2. The summed E-state index contributed by atoms with van der Waals surface area (Å²) in [5.74, 6) is 0.952. The van der Waals surface area contributed by atoms with Crippen LogP contribution >= 0.6 is 0 Å². The van der Waals surface area contributed by atoms with Crippen molar-refractivity contribution in [1.29, 1.82) is 0 Å². The fraction of sp³-hybridized carbons (Fsp3) is 0.579. The van der Waals surface area contributed by atoms with Crippen molar-refractivity contribution in [1.82, 2.24) is 14.9 Å². The standard InChI is InChI=1S/C19H26N4O2/c24-14-15(25)13-23-9-3-6-19(23)7-10-22(11-8-19)18-12-20-16-4-1-2-5-17(16)21-18/h1-2,4-5,12,15,24-25H,3,6-11,13-14H2/t15-/m1/s1. The second-order valence-corrected chi connectivity index (χ2v) is 7.31. The lowest BCUT2D eigenvalue weighted by atomic mass is 9.84. The summed E-state index contributed by atoms with van der Waals surface area (Å²) in [5, 5.41) is 19.0. The lowest BCUT2D eigenvalue weighted by Crippen LogP contribution is -2.54. The van der Waals surface area contributed by atoms with E-state index in [2.05, 4.69) is 14.8 Å². The van der Waals surface area contributed by atoms with Crippen molar-refractivity contribution in [2.45, 2.75) is 37.3 Å². The maximum atomic E-state index is 9.84. The number of β-amino-alcohol motifs (C(OH)–C–C–N with tert-alkyl or cyclic N) is 1. The van der Waals surface area contributed by atoms with E-state index in [0.717, 1.165) is 49.3 Å². The smallest absolute Gasteiger partial charge is 0.147 e. The molecule has 0 radical (unpaired) electrons. The van der Waals surface area contributed by atoms with Crippen molar-refractivity contribution in [2.75, 3.05) is 37.7 Å². The maximum Gasteiger partial charge on any atom is 0.147 e. The van der Waals surface area contributed by atoms with Crippen LogP contribution < -0.4 is 4.90 Å².